The van der Waals surface area contributed by atoms with Crippen LogP contribution in [0.1, 0.15) is 28.8 Å². The van der Waals surface area contributed by atoms with Gasteiger partial charge in [-0.2, -0.15) is 0 Å². The van der Waals surface area contributed by atoms with Crippen LogP contribution in [0.2, 0.25) is 5.02 Å². The van der Waals surface area contributed by atoms with E-state index in [1.54, 1.807) is 11.3 Å². The molecule has 29 heavy (non-hydrogen) atoms. The van der Waals surface area contributed by atoms with Crippen LogP contribution in [0.4, 0.5) is 4.39 Å². The third kappa shape index (κ3) is 3.02. The summed E-state index contributed by atoms with van der Waals surface area (Å²) in [5.41, 5.74) is 2.29. The van der Waals surface area contributed by atoms with Gasteiger partial charge < -0.3 is 4.74 Å². The van der Waals surface area contributed by atoms with E-state index >= 15 is 0 Å². The summed E-state index contributed by atoms with van der Waals surface area (Å²) in [5, 5.41) is 1.64. The molecule has 146 valence electrons. The molecule has 2 aromatic carbocycles. The third-order valence-electron chi connectivity index (χ3n) is 5.66. The number of hydrogen-bond acceptors (Lipinski definition) is 2. The Kier molecular flexibility index (Phi) is 4.09. The van der Waals surface area contributed by atoms with Crippen LogP contribution < -0.4 is 4.74 Å². The van der Waals surface area contributed by atoms with Gasteiger partial charge in [-0.05, 0) is 73.7 Å². The minimum absolute atomic E-state index is 0.302. The summed E-state index contributed by atoms with van der Waals surface area (Å²) in [6.07, 6.45) is 3.48. The van der Waals surface area contributed by atoms with Crippen LogP contribution in [-0.2, 0) is 6.42 Å². The maximum absolute atomic E-state index is 15.0. The van der Waals surface area contributed by atoms with Crippen molar-refractivity contribution in [3.63, 3.8) is 0 Å². The largest absolute Gasteiger partial charge is 0.464 e. The van der Waals surface area contributed by atoms with Crippen molar-refractivity contribution in [2.45, 2.75) is 25.5 Å². The van der Waals surface area contributed by atoms with E-state index in [9.17, 15) is 4.39 Å². The van der Waals surface area contributed by atoms with E-state index in [1.165, 1.54) is 23.8 Å². The van der Waals surface area contributed by atoms with Crippen molar-refractivity contribution in [3.8, 4) is 17.0 Å². The lowest BCUT2D eigenvalue weighted by Crippen LogP contribution is -2.21. The minimum Gasteiger partial charge on any atom is -0.464 e. The first-order valence-electron chi connectivity index (χ1n) is 9.62. The van der Waals surface area contributed by atoms with Crippen LogP contribution >= 0.6 is 38.9 Å². The molecule has 0 spiro atoms. The number of nitrogens with zero attached hydrogens (tertiary/aromatic N) is 1. The van der Waals surface area contributed by atoms with E-state index < -0.39 is 0 Å². The molecule has 2 aliphatic rings. The first kappa shape index (κ1) is 18.0. The summed E-state index contributed by atoms with van der Waals surface area (Å²) in [4.78, 5) is 2.51. The first-order chi connectivity index (χ1) is 14.1. The summed E-state index contributed by atoms with van der Waals surface area (Å²) < 4.78 is 24.1. The predicted octanol–water partition coefficient (Wildman–Crippen LogP) is 7.82. The standard InChI is InChI=1S/C23H16BrClFNOS/c24-14-10-17(26)22-19-9-13-8-15(25)3-5-18(13)27(19)23(28-20(22)11-14)21-6-4-16(29-21)7-12-1-2-12/h3-6,8-12,23H,1-2,7H2. The van der Waals surface area contributed by atoms with Crippen molar-refractivity contribution in [1.82, 2.24) is 4.57 Å². The first-order valence-corrected chi connectivity index (χ1v) is 11.6. The zero-order chi connectivity index (χ0) is 19.7. The SMILES string of the molecule is Fc1cc(Br)cc2c1-c1cc3cc(Cl)ccc3n1C(c1ccc(CC3CC3)s1)O2. The van der Waals surface area contributed by atoms with Crippen LogP contribution in [0.15, 0.2) is 53.0 Å². The van der Waals surface area contributed by atoms with E-state index in [-0.39, 0.29) is 12.0 Å². The van der Waals surface area contributed by atoms with Gasteiger partial charge in [0.05, 0.1) is 21.7 Å². The second kappa shape index (κ2) is 6.59. The molecular formula is C23H16BrClFNOS. The number of aromatic nitrogens is 1. The molecule has 1 saturated carbocycles. The van der Waals surface area contributed by atoms with E-state index in [2.05, 4.69) is 32.6 Å². The van der Waals surface area contributed by atoms with Gasteiger partial charge in [-0.3, -0.25) is 4.57 Å². The number of hydrogen-bond donors (Lipinski definition) is 0. The Morgan fingerprint density at radius 2 is 2.00 bits per heavy atom. The van der Waals surface area contributed by atoms with Crippen molar-refractivity contribution in [2.75, 3.05) is 0 Å². The van der Waals surface area contributed by atoms with Gasteiger partial charge in [-0.1, -0.05) is 27.5 Å². The fraction of sp³-hybridized carbons (Fsp3) is 0.217. The zero-order valence-corrected chi connectivity index (χ0v) is 18.5. The maximum atomic E-state index is 15.0. The van der Waals surface area contributed by atoms with Crippen molar-refractivity contribution >= 4 is 49.8 Å². The van der Waals surface area contributed by atoms with Crippen LogP contribution in [0.5, 0.6) is 5.75 Å². The van der Waals surface area contributed by atoms with Crippen LogP contribution in [0, 0.1) is 11.7 Å². The number of benzene rings is 2. The molecule has 2 aromatic heterocycles. The number of halogens is 3. The fourth-order valence-corrected chi connectivity index (χ4v) is 5.88. The Labute approximate surface area is 185 Å². The molecule has 1 fully saturated rings. The van der Waals surface area contributed by atoms with Gasteiger partial charge >= 0.3 is 0 Å². The molecule has 0 radical (unpaired) electrons. The number of ether oxygens (including phenoxy) is 1. The highest BCUT2D eigenvalue weighted by atomic mass is 79.9. The van der Waals surface area contributed by atoms with Gasteiger partial charge in [-0.15, -0.1) is 11.3 Å². The zero-order valence-electron chi connectivity index (χ0n) is 15.3. The molecule has 0 amide bonds. The van der Waals surface area contributed by atoms with Crippen molar-refractivity contribution in [1.29, 1.82) is 0 Å². The Balaban J connectivity index is 1.56. The summed E-state index contributed by atoms with van der Waals surface area (Å²) in [6.45, 7) is 0. The molecule has 6 heteroatoms. The molecule has 3 heterocycles. The molecule has 4 aromatic rings. The van der Waals surface area contributed by atoms with Crippen molar-refractivity contribution in [3.05, 3.63) is 73.6 Å². The monoisotopic (exact) mass is 487 g/mol. The molecular weight excluding hydrogens is 473 g/mol. The van der Waals surface area contributed by atoms with E-state index in [0.717, 1.165) is 33.8 Å². The average Bonchev–Trinajstić information content (AvgIpc) is 3.22. The van der Waals surface area contributed by atoms with Gasteiger partial charge in [0, 0.05) is 19.8 Å². The van der Waals surface area contributed by atoms with E-state index in [4.69, 9.17) is 16.3 Å². The second-order valence-electron chi connectivity index (χ2n) is 7.79. The van der Waals surface area contributed by atoms with Crippen molar-refractivity contribution < 1.29 is 9.13 Å². The molecule has 1 atom stereocenters. The van der Waals surface area contributed by atoms with Gasteiger partial charge in [0.1, 0.15) is 11.6 Å². The number of rotatable bonds is 3. The molecule has 1 aliphatic heterocycles. The van der Waals surface area contributed by atoms with E-state index in [0.29, 0.717) is 20.8 Å². The summed E-state index contributed by atoms with van der Waals surface area (Å²) >= 11 is 11.4. The lowest BCUT2D eigenvalue weighted by molar-refractivity contribution is 0.176. The molecule has 6 rings (SSSR count). The fourth-order valence-electron chi connectivity index (χ4n) is 4.15. The Morgan fingerprint density at radius 3 is 2.83 bits per heavy atom. The highest BCUT2D eigenvalue weighted by Crippen LogP contribution is 2.47. The maximum Gasteiger partial charge on any atom is 0.212 e. The molecule has 0 saturated heterocycles. The molecule has 1 unspecified atom stereocenters. The van der Waals surface area contributed by atoms with Gasteiger partial charge in [0.25, 0.3) is 0 Å². The van der Waals surface area contributed by atoms with Gasteiger partial charge in [0.2, 0.25) is 6.23 Å². The number of fused-ring (bicyclic) bond motifs is 5. The Morgan fingerprint density at radius 1 is 1.14 bits per heavy atom. The molecule has 0 N–H and O–H groups in total. The highest BCUT2D eigenvalue weighted by molar-refractivity contribution is 9.10. The van der Waals surface area contributed by atoms with Crippen LogP contribution in [0.3, 0.4) is 0 Å². The summed E-state index contributed by atoms with van der Waals surface area (Å²) in [6, 6.07) is 15.5. The third-order valence-corrected chi connectivity index (χ3v) is 7.49. The summed E-state index contributed by atoms with van der Waals surface area (Å²) in [7, 11) is 0. The Hall–Kier alpha value is -1.82. The van der Waals surface area contributed by atoms with Gasteiger partial charge in [-0.25, -0.2) is 4.39 Å². The minimum atomic E-state index is -0.331. The normalized spacial score (nSPS) is 17.8. The predicted molar refractivity (Wildman–Crippen MR) is 120 cm³/mol. The van der Waals surface area contributed by atoms with E-state index in [1.807, 2.05) is 30.3 Å². The second-order valence-corrected chi connectivity index (χ2v) is 10.3. The highest BCUT2D eigenvalue weighted by Gasteiger charge is 2.32. The summed E-state index contributed by atoms with van der Waals surface area (Å²) in [5.74, 6) is 1.09. The van der Waals surface area contributed by atoms with Gasteiger partial charge in [0.15, 0.2) is 0 Å². The molecule has 2 nitrogen and oxygen atoms in total. The lowest BCUT2D eigenvalue weighted by atomic mass is 10.1. The molecule has 0 bridgehead atoms. The van der Waals surface area contributed by atoms with Crippen LogP contribution in [0.25, 0.3) is 22.2 Å². The van der Waals surface area contributed by atoms with Crippen LogP contribution in [-0.4, -0.2) is 4.57 Å². The smallest absolute Gasteiger partial charge is 0.212 e. The molecule has 1 aliphatic carbocycles. The average molecular weight is 489 g/mol. The quantitative estimate of drug-likeness (QED) is 0.287. The van der Waals surface area contributed by atoms with Crippen molar-refractivity contribution in [2.24, 2.45) is 5.92 Å². The Bertz CT molecular complexity index is 1280. The topological polar surface area (TPSA) is 14.2 Å². The lowest BCUT2D eigenvalue weighted by Gasteiger charge is -2.29. The number of thiophene rings is 1.